The summed E-state index contributed by atoms with van der Waals surface area (Å²) in [6.07, 6.45) is 4.08. The quantitative estimate of drug-likeness (QED) is 0.637. The van der Waals surface area contributed by atoms with E-state index in [4.69, 9.17) is 0 Å². The lowest BCUT2D eigenvalue weighted by atomic mass is 9.85. The van der Waals surface area contributed by atoms with Crippen molar-refractivity contribution in [2.45, 2.75) is 52.1 Å². The average Bonchev–Trinajstić information content (AvgIpc) is 2.75. The number of nitro groups is 1. The summed E-state index contributed by atoms with van der Waals surface area (Å²) in [7, 11) is 0. The van der Waals surface area contributed by atoms with Crippen molar-refractivity contribution in [1.82, 2.24) is 9.78 Å². The second kappa shape index (κ2) is 6.21. The lowest BCUT2D eigenvalue weighted by Gasteiger charge is -2.31. The fourth-order valence-electron chi connectivity index (χ4n) is 2.95. The van der Waals surface area contributed by atoms with E-state index in [9.17, 15) is 15.2 Å². The van der Waals surface area contributed by atoms with E-state index in [0.717, 1.165) is 25.7 Å². The van der Waals surface area contributed by atoms with Crippen LogP contribution in [-0.4, -0.2) is 32.5 Å². The molecule has 112 valence electrons. The highest BCUT2D eigenvalue weighted by Gasteiger charge is 2.30. The van der Waals surface area contributed by atoms with Crippen molar-refractivity contribution in [2.75, 3.05) is 11.9 Å². The van der Waals surface area contributed by atoms with Gasteiger partial charge in [-0.2, -0.15) is 5.10 Å². The fraction of sp³-hybridized carbons (Fsp3) is 0.769. The second-order valence-electron chi connectivity index (χ2n) is 5.33. The van der Waals surface area contributed by atoms with Gasteiger partial charge in [0.25, 0.3) is 0 Å². The van der Waals surface area contributed by atoms with E-state index in [-0.39, 0.29) is 29.2 Å². The number of aromatic nitrogens is 2. The predicted octanol–water partition coefficient (Wildman–Crippen LogP) is 2.08. The van der Waals surface area contributed by atoms with Crippen LogP contribution < -0.4 is 5.32 Å². The summed E-state index contributed by atoms with van der Waals surface area (Å²) in [6, 6.07) is 0.0776. The summed E-state index contributed by atoms with van der Waals surface area (Å²) in [5, 5.41) is 28.2. The number of hydrogen-bond donors (Lipinski definition) is 2. The van der Waals surface area contributed by atoms with Gasteiger partial charge in [0.15, 0.2) is 0 Å². The summed E-state index contributed by atoms with van der Waals surface area (Å²) in [6.45, 7) is 4.25. The smallest absolute Gasteiger partial charge is 0.333 e. The monoisotopic (exact) mass is 282 g/mol. The molecule has 1 heterocycles. The Morgan fingerprint density at radius 3 is 2.80 bits per heavy atom. The molecule has 1 aliphatic rings. The predicted molar refractivity (Wildman–Crippen MR) is 75.7 cm³/mol. The molecule has 0 radical (unpaired) electrons. The Morgan fingerprint density at radius 1 is 1.50 bits per heavy atom. The largest absolute Gasteiger partial charge is 0.396 e. The van der Waals surface area contributed by atoms with E-state index in [1.165, 1.54) is 0 Å². The molecular formula is C13H22N4O3. The number of aliphatic hydroxyl groups excluding tert-OH is 1. The topological polar surface area (TPSA) is 93.2 Å². The molecule has 1 aliphatic carbocycles. The molecule has 0 aliphatic heterocycles. The van der Waals surface area contributed by atoms with Crippen LogP contribution in [0.15, 0.2) is 0 Å². The Kier molecular flexibility index (Phi) is 4.59. The Bertz CT molecular complexity index is 486. The third-order valence-electron chi connectivity index (χ3n) is 4.04. The van der Waals surface area contributed by atoms with Gasteiger partial charge in [-0.15, -0.1) is 0 Å². The van der Waals surface area contributed by atoms with E-state index >= 15 is 0 Å². The van der Waals surface area contributed by atoms with Gasteiger partial charge in [0, 0.05) is 25.1 Å². The van der Waals surface area contributed by atoms with Gasteiger partial charge in [-0.05, 0) is 26.7 Å². The van der Waals surface area contributed by atoms with Crippen LogP contribution in [-0.2, 0) is 6.54 Å². The zero-order valence-electron chi connectivity index (χ0n) is 12.0. The molecule has 2 rings (SSSR count). The minimum Gasteiger partial charge on any atom is -0.396 e. The van der Waals surface area contributed by atoms with Crippen LogP contribution in [0.4, 0.5) is 11.5 Å². The van der Waals surface area contributed by atoms with Gasteiger partial charge in [-0.1, -0.05) is 12.8 Å². The molecule has 2 atom stereocenters. The SMILES string of the molecule is CCn1nc(C)c([N+](=O)[O-])c1NC1CCCCC1CO. The number of aryl methyl sites for hydroxylation is 2. The third-order valence-corrected chi connectivity index (χ3v) is 4.04. The van der Waals surface area contributed by atoms with E-state index in [2.05, 4.69) is 10.4 Å². The van der Waals surface area contributed by atoms with Crippen molar-refractivity contribution >= 4 is 11.5 Å². The maximum Gasteiger partial charge on any atom is 0.333 e. The number of anilines is 1. The summed E-state index contributed by atoms with van der Waals surface area (Å²) >= 11 is 0. The lowest BCUT2D eigenvalue weighted by Crippen LogP contribution is -2.35. The summed E-state index contributed by atoms with van der Waals surface area (Å²) in [4.78, 5) is 10.8. The summed E-state index contributed by atoms with van der Waals surface area (Å²) in [5.74, 6) is 0.629. The molecule has 0 saturated heterocycles. The van der Waals surface area contributed by atoms with Gasteiger partial charge >= 0.3 is 5.69 Å². The van der Waals surface area contributed by atoms with Crippen molar-refractivity contribution in [3.05, 3.63) is 15.8 Å². The zero-order chi connectivity index (χ0) is 14.7. The standard InChI is InChI=1S/C13H22N4O3/c1-3-16-13(12(17(19)20)9(2)15-16)14-11-7-5-4-6-10(11)8-18/h10-11,14,18H,3-8H2,1-2H3. The fourth-order valence-corrected chi connectivity index (χ4v) is 2.95. The molecule has 1 fully saturated rings. The van der Waals surface area contributed by atoms with Gasteiger partial charge in [-0.3, -0.25) is 10.1 Å². The highest BCUT2D eigenvalue weighted by molar-refractivity contribution is 5.60. The van der Waals surface area contributed by atoms with Crippen LogP contribution in [0.5, 0.6) is 0 Å². The summed E-state index contributed by atoms with van der Waals surface area (Å²) < 4.78 is 1.64. The molecule has 7 heteroatoms. The molecule has 0 aromatic carbocycles. The van der Waals surface area contributed by atoms with E-state index in [1.54, 1.807) is 11.6 Å². The molecule has 2 N–H and O–H groups in total. The van der Waals surface area contributed by atoms with Crippen molar-refractivity contribution < 1.29 is 10.0 Å². The Morgan fingerprint density at radius 2 is 2.20 bits per heavy atom. The third kappa shape index (κ3) is 2.77. The van der Waals surface area contributed by atoms with Crippen LogP contribution >= 0.6 is 0 Å². The maximum atomic E-state index is 11.2. The van der Waals surface area contributed by atoms with Crippen molar-refractivity contribution in [3.63, 3.8) is 0 Å². The minimum atomic E-state index is -0.381. The maximum absolute atomic E-state index is 11.2. The Labute approximate surface area is 118 Å². The first-order chi connectivity index (χ1) is 9.58. The second-order valence-corrected chi connectivity index (χ2v) is 5.33. The van der Waals surface area contributed by atoms with Gasteiger partial charge in [0.2, 0.25) is 5.82 Å². The van der Waals surface area contributed by atoms with Gasteiger partial charge in [0.05, 0.1) is 4.92 Å². The van der Waals surface area contributed by atoms with E-state index in [0.29, 0.717) is 18.1 Å². The van der Waals surface area contributed by atoms with Crippen LogP contribution in [0.25, 0.3) is 0 Å². The van der Waals surface area contributed by atoms with Crippen molar-refractivity contribution in [3.8, 4) is 0 Å². The first kappa shape index (κ1) is 14.8. The molecule has 7 nitrogen and oxygen atoms in total. The van der Waals surface area contributed by atoms with Crippen LogP contribution in [0.1, 0.15) is 38.3 Å². The zero-order valence-corrected chi connectivity index (χ0v) is 12.0. The molecule has 0 bridgehead atoms. The molecule has 1 saturated carbocycles. The highest BCUT2D eigenvalue weighted by atomic mass is 16.6. The Hall–Kier alpha value is -1.63. The van der Waals surface area contributed by atoms with Gasteiger partial charge < -0.3 is 10.4 Å². The van der Waals surface area contributed by atoms with E-state index < -0.39 is 0 Å². The first-order valence-electron chi connectivity index (χ1n) is 7.17. The normalized spacial score (nSPS) is 22.8. The number of nitrogens with one attached hydrogen (secondary N) is 1. The van der Waals surface area contributed by atoms with Crippen LogP contribution in [0.2, 0.25) is 0 Å². The minimum absolute atomic E-state index is 0.0501. The molecule has 2 unspecified atom stereocenters. The summed E-state index contributed by atoms with van der Waals surface area (Å²) in [5.41, 5.74) is 0.477. The highest BCUT2D eigenvalue weighted by Crippen LogP contribution is 2.33. The number of aliphatic hydroxyl groups is 1. The van der Waals surface area contributed by atoms with E-state index in [1.807, 2.05) is 6.92 Å². The van der Waals surface area contributed by atoms with Crippen molar-refractivity contribution in [2.24, 2.45) is 5.92 Å². The molecule has 1 aromatic rings. The van der Waals surface area contributed by atoms with Crippen LogP contribution in [0, 0.1) is 23.0 Å². The lowest BCUT2D eigenvalue weighted by molar-refractivity contribution is -0.384. The molecule has 0 spiro atoms. The Balaban J connectivity index is 2.29. The molecular weight excluding hydrogens is 260 g/mol. The number of nitrogens with zero attached hydrogens (tertiary/aromatic N) is 3. The number of hydrogen-bond acceptors (Lipinski definition) is 5. The van der Waals surface area contributed by atoms with Gasteiger partial charge in [-0.25, -0.2) is 4.68 Å². The first-order valence-corrected chi connectivity index (χ1v) is 7.17. The number of rotatable bonds is 5. The van der Waals surface area contributed by atoms with Crippen molar-refractivity contribution in [1.29, 1.82) is 0 Å². The van der Waals surface area contributed by atoms with Gasteiger partial charge in [0.1, 0.15) is 5.69 Å². The molecule has 20 heavy (non-hydrogen) atoms. The molecule has 1 aromatic heterocycles. The molecule has 0 amide bonds. The average molecular weight is 282 g/mol. The van der Waals surface area contributed by atoms with Crippen LogP contribution in [0.3, 0.4) is 0 Å².